The first kappa shape index (κ1) is 14.8. The molecule has 21 heavy (non-hydrogen) atoms. The molecule has 2 aromatic rings. The molecule has 0 unspecified atom stereocenters. The molecule has 0 bridgehead atoms. The molecule has 1 aromatic heterocycles. The predicted molar refractivity (Wildman–Crippen MR) is 80.9 cm³/mol. The summed E-state index contributed by atoms with van der Waals surface area (Å²) < 4.78 is 5.07. The summed E-state index contributed by atoms with van der Waals surface area (Å²) in [7, 11) is 1.64. The number of nitrogens with two attached hydrogens (primary N) is 1. The normalized spacial score (nSPS) is 10.3. The zero-order valence-corrected chi connectivity index (χ0v) is 11.7. The molecule has 1 aromatic carbocycles. The van der Waals surface area contributed by atoms with Gasteiger partial charge in [0.25, 0.3) is 0 Å². The number of methoxy groups -OCH3 is 1. The average molecular weight is 287 g/mol. The lowest BCUT2D eigenvalue weighted by atomic mass is 10.1. The number of rotatable bonds is 6. The largest absolute Gasteiger partial charge is 0.478 e. The van der Waals surface area contributed by atoms with Crippen molar-refractivity contribution in [2.24, 2.45) is 0 Å². The molecule has 0 amide bonds. The average Bonchev–Trinajstić information content (AvgIpc) is 2.48. The van der Waals surface area contributed by atoms with Gasteiger partial charge in [0.05, 0.1) is 18.5 Å². The van der Waals surface area contributed by atoms with Gasteiger partial charge in [-0.25, -0.2) is 9.78 Å². The van der Waals surface area contributed by atoms with Gasteiger partial charge in [-0.1, -0.05) is 18.2 Å². The summed E-state index contributed by atoms with van der Waals surface area (Å²) in [6.45, 7) is 0.583. The van der Waals surface area contributed by atoms with Crippen molar-refractivity contribution in [3.05, 3.63) is 47.7 Å². The highest BCUT2D eigenvalue weighted by molar-refractivity contribution is 5.95. The molecular weight excluding hydrogens is 270 g/mol. The van der Waals surface area contributed by atoms with Crippen molar-refractivity contribution in [1.29, 1.82) is 0 Å². The van der Waals surface area contributed by atoms with Crippen molar-refractivity contribution in [1.82, 2.24) is 4.98 Å². The molecule has 1 heterocycles. The number of aromatic carboxylic acids is 1. The molecule has 0 aliphatic carbocycles. The molecule has 2 rings (SSSR count). The lowest BCUT2D eigenvalue weighted by molar-refractivity contribution is 0.0697. The SMILES string of the molecule is COCCc1ccccc1Nc1ncc(N)cc1C(=O)O. The Labute approximate surface area is 122 Å². The van der Waals surface area contributed by atoms with Crippen LogP contribution in [0.15, 0.2) is 36.5 Å². The Kier molecular flexibility index (Phi) is 4.73. The fourth-order valence-corrected chi connectivity index (χ4v) is 1.94. The fraction of sp³-hybridized carbons (Fsp3) is 0.200. The molecule has 0 saturated carbocycles. The molecule has 110 valence electrons. The van der Waals surface area contributed by atoms with E-state index < -0.39 is 5.97 Å². The molecule has 0 aliphatic heterocycles. The first-order valence-corrected chi connectivity index (χ1v) is 6.44. The van der Waals surface area contributed by atoms with Gasteiger partial charge < -0.3 is 20.9 Å². The van der Waals surface area contributed by atoms with E-state index in [1.165, 1.54) is 12.3 Å². The number of pyridine rings is 1. The van der Waals surface area contributed by atoms with Crippen LogP contribution in [-0.4, -0.2) is 29.8 Å². The molecule has 6 nitrogen and oxygen atoms in total. The third-order valence-corrected chi connectivity index (χ3v) is 2.99. The lowest BCUT2D eigenvalue weighted by Gasteiger charge is -2.13. The Bertz CT molecular complexity index is 644. The van der Waals surface area contributed by atoms with E-state index in [-0.39, 0.29) is 11.4 Å². The van der Waals surface area contributed by atoms with E-state index in [0.717, 1.165) is 17.7 Å². The Morgan fingerprint density at radius 1 is 1.43 bits per heavy atom. The van der Waals surface area contributed by atoms with Gasteiger partial charge in [0, 0.05) is 12.8 Å². The first-order chi connectivity index (χ1) is 10.1. The van der Waals surface area contributed by atoms with Crippen LogP contribution in [0, 0.1) is 0 Å². The van der Waals surface area contributed by atoms with Crippen LogP contribution in [0.2, 0.25) is 0 Å². The van der Waals surface area contributed by atoms with Gasteiger partial charge in [-0.3, -0.25) is 0 Å². The molecule has 4 N–H and O–H groups in total. The Morgan fingerprint density at radius 2 is 2.19 bits per heavy atom. The number of anilines is 3. The molecule has 6 heteroatoms. The monoisotopic (exact) mass is 287 g/mol. The Hall–Kier alpha value is -2.60. The van der Waals surface area contributed by atoms with E-state index in [0.29, 0.717) is 12.3 Å². The minimum atomic E-state index is -1.08. The maximum absolute atomic E-state index is 11.3. The second-order valence-corrected chi connectivity index (χ2v) is 4.49. The smallest absolute Gasteiger partial charge is 0.339 e. The zero-order chi connectivity index (χ0) is 15.2. The highest BCUT2D eigenvalue weighted by Crippen LogP contribution is 2.23. The van der Waals surface area contributed by atoms with E-state index in [2.05, 4.69) is 10.3 Å². The summed E-state index contributed by atoms with van der Waals surface area (Å²) in [6, 6.07) is 9.00. The van der Waals surface area contributed by atoms with Crippen LogP contribution in [0.25, 0.3) is 0 Å². The van der Waals surface area contributed by atoms with Crippen LogP contribution in [0.5, 0.6) is 0 Å². The molecule has 0 saturated heterocycles. The summed E-state index contributed by atoms with van der Waals surface area (Å²) in [5.74, 6) is -0.812. The molecule has 0 radical (unpaired) electrons. The van der Waals surface area contributed by atoms with Gasteiger partial charge in [-0.15, -0.1) is 0 Å². The van der Waals surface area contributed by atoms with Crippen LogP contribution in [0.4, 0.5) is 17.2 Å². The van der Waals surface area contributed by atoms with E-state index in [1.807, 2.05) is 24.3 Å². The van der Waals surface area contributed by atoms with Gasteiger partial charge >= 0.3 is 5.97 Å². The minimum Gasteiger partial charge on any atom is -0.478 e. The topological polar surface area (TPSA) is 97.5 Å². The number of nitrogen functional groups attached to an aromatic ring is 1. The number of para-hydroxylation sites is 1. The third kappa shape index (κ3) is 3.70. The number of hydrogen-bond donors (Lipinski definition) is 3. The summed E-state index contributed by atoms with van der Waals surface area (Å²) in [5.41, 5.74) is 7.76. The zero-order valence-electron chi connectivity index (χ0n) is 11.7. The lowest BCUT2D eigenvalue weighted by Crippen LogP contribution is -2.07. The van der Waals surface area contributed by atoms with Gasteiger partial charge in [0.1, 0.15) is 11.4 Å². The van der Waals surface area contributed by atoms with Crippen molar-refractivity contribution in [3.8, 4) is 0 Å². The van der Waals surface area contributed by atoms with Gasteiger partial charge in [-0.05, 0) is 24.1 Å². The summed E-state index contributed by atoms with van der Waals surface area (Å²) in [5, 5.41) is 12.3. The van der Waals surface area contributed by atoms with Crippen LogP contribution >= 0.6 is 0 Å². The van der Waals surface area contributed by atoms with Crippen molar-refractivity contribution in [2.45, 2.75) is 6.42 Å². The van der Waals surface area contributed by atoms with Crippen molar-refractivity contribution in [2.75, 3.05) is 24.8 Å². The number of aromatic nitrogens is 1. The molecule has 0 fully saturated rings. The number of nitrogens with zero attached hydrogens (tertiary/aromatic N) is 1. The number of carboxylic acid groups (broad SMARTS) is 1. The standard InChI is InChI=1S/C15H17N3O3/c1-21-7-6-10-4-2-3-5-13(10)18-14-12(15(19)20)8-11(16)9-17-14/h2-5,8-9H,6-7,16H2,1H3,(H,17,18)(H,19,20). The Balaban J connectivity index is 2.32. The summed E-state index contributed by atoms with van der Waals surface area (Å²) in [6.07, 6.45) is 2.14. The van der Waals surface area contributed by atoms with E-state index in [9.17, 15) is 9.90 Å². The van der Waals surface area contributed by atoms with Crippen LogP contribution in [0.3, 0.4) is 0 Å². The molecule has 0 atom stereocenters. The maximum atomic E-state index is 11.3. The van der Waals surface area contributed by atoms with E-state index in [1.54, 1.807) is 7.11 Å². The van der Waals surface area contributed by atoms with Crippen molar-refractivity contribution >= 4 is 23.2 Å². The second kappa shape index (κ2) is 6.71. The van der Waals surface area contributed by atoms with Gasteiger partial charge in [-0.2, -0.15) is 0 Å². The number of nitrogens with one attached hydrogen (secondary N) is 1. The van der Waals surface area contributed by atoms with Crippen LogP contribution in [-0.2, 0) is 11.2 Å². The highest BCUT2D eigenvalue weighted by Gasteiger charge is 2.13. The number of hydrogen-bond acceptors (Lipinski definition) is 5. The number of ether oxygens (including phenoxy) is 1. The van der Waals surface area contributed by atoms with Crippen molar-refractivity contribution < 1.29 is 14.6 Å². The number of carbonyl (C=O) groups is 1. The van der Waals surface area contributed by atoms with Gasteiger partial charge in [0.2, 0.25) is 0 Å². The van der Waals surface area contributed by atoms with Crippen molar-refractivity contribution in [3.63, 3.8) is 0 Å². The predicted octanol–water partition coefficient (Wildman–Crippen LogP) is 2.29. The number of carboxylic acids is 1. The van der Waals surface area contributed by atoms with E-state index in [4.69, 9.17) is 10.5 Å². The summed E-state index contributed by atoms with van der Waals surface area (Å²) >= 11 is 0. The first-order valence-electron chi connectivity index (χ1n) is 6.44. The molecule has 0 aliphatic rings. The quantitative estimate of drug-likeness (QED) is 0.754. The Morgan fingerprint density at radius 3 is 2.90 bits per heavy atom. The highest BCUT2D eigenvalue weighted by atomic mass is 16.5. The molecule has 0 spiro atoms. The minimum absolute atomic E-state index is 0.0385. The molecular formula is C15H17N3O3. The second-order valence-electron chi connectivity index (χ2n) is 4.49. The fourth-order valence-electron chi connectivity index (χ4n) is 1.94. The third-order valence-electron chi connectivity index (χ3n) is 2.99. The van der Waals surface area contributed by atoms with Crippen LogP contribution < -0.4 is 11.1 Å². The summed E-state index contributed by atoms with van der Waals surface area (Å²) in [4.78, 5) is 15.3. The van der Waals surface area contributed by atoms with E-state index >= 15 is 0 Å². The van der Waals surface area contributed by atoms with Crippen LogP contribution in [0.1, 0.15) is 15.9 Å². The maximum Gasteiger partial charge on any atom is 0.339 e. The number of benzene rings is 1. The van der Waals surface area contributed by atoms with Gasteiger partial charge in [0.15, 0.2) is 0 Å².